The van der Waals surface area contributed by atoms with E-state index in [0.717, 1.165) is 11.7 Å². The van der Waals surface area contributed by atoms with E-state index in [9.17, 15) is 0 Å². The molecule has 4 atom stereocenters. The number of nitrogens with zero attached hydrogens (tertiary/aromatic N) is 1. The Morgan fingerprint density at radius 3 is 2.68 bits per heavy atom. The van der Waals surface area contributed by atoms with Crippen molar-refractivity contribution in [3.63, 3.8) is 0 Å². The van der Waals surface area contributed by atoms with Crippen molar-refractivity contribution in [1.29, 1.82) is 0 Å². The normalized spacial score (nSPS) is 31.2. The molecule has 3 heteroatoms. The minimum Gasteiger partial charge on any atom is -0.497 e. The minimum atomic E-state index is 0.419. The van der Waals surface area contributed by atoms with E-state index in [-0.39, 0.29) is 0 Å². The molecule has 104 valence electrons. The highest BCUT2D eigenvalue weighted by Gasteiger charge is 2.34. The molecule has 2 saturated heterocycles. The summed E-state index contributed by atoms with van der Waals surface area (Å²) in [6.07, 6.45) is 2.66. The number of rotatable bonds is 4. The first-order chi connectivity index (χ1) is 9.26. The first-order valence-electron chi connectivity index (χ1n) is 7.38. The Morgan fingerprint density at radius 1 is 1.21 bits per heavy atom. The van der Waals surface area contributed by atoms with Crippen LogP contribution in [0.2, 0.25) is 0 Å². The highest BCUT2D eigenvalue weighted by molar-refractivity contribution is 5.28. The Kier molecular flexibility index (Phi) is 3.76. The quantitative estimate of drug-likeness (QED) is 0.900. The van der Waals surface area contributed by atoms with Gasteiger partial charge < -0.3 is 15.0 Å². The monoisotopic (exact) mass is 260 g/mol. The van der Waals surface area contributed by atoms with Crippen molar-refractivity contribution in [3.8, 4) is 5.75 Å². The Bertz CT molecular complexity index is 417. The molecule has 0 spiro atoms. The summed E-state index contributed by atoms with van der Waals surface area (Å²) in [5.41, 5.74) is 1.35. The molecule has 0 amide bonds. The van der Waals surface area contributed by atoms with Crippen molar-refractivity contribution in [1.82, 2.24) is 10.2 Å². The summed E-state index contributed by atoms with van der Waals surface area (Å²) in [5.74, 6) is 1.79. The third-order valence-corrected chi connectivity index (χ3v) is 4.71. The topological polar surface area (TPSA) is 24.5 Å². The summed E-state index contributed by atoms with van der Waals surface area (Å²) in [5, 5.41) is 3.83. The molecule has 1 aromatic rings. The SMILES string of the molecule is COc1ccc([C@H](C)NC2CCN3CCC2C3)cc1. The van der Waals surface area contributed by atoms with Crippen molar-refractivity contribution in [2.75, 3.05) is 26.7 Å². The average molecular weight is 260 g/mol. The molecule has 3 unspecified atom stereocenters. The Labute approximate surface area is 115 Å². The summed E-state index contributed by atoms with van der Waals surface area (Å²) in [6.45, 7) is 6.14. The molecule has 3 nitrogen and oxygen atoms in total. The van der Waals surface area contributed by atoms with Gasteiger partial charge in [0.15, 0.2) is 0 Å². The molecule has 2 fully saturated rings. The van der Waals surface area contributed by atoms with Crippen LogP contribution >= 0.6 is 0 Å². The number of ether oxygens (including phenoxy) is 1. The molecule has 19 heavy (non-hydrogen) atoms. The summed E-state index contributed by atoms with van der Waals surface area (Å²) in [6, 6.07) is 9.54. The van der Waals surface area contributed by atoms with Gasteiger partial charge >= 0.3 is 0 Å². The van der Waals surface area contributed by atoms with Gasteiger partial charge in [-0.1, -0.05) is 12.1 Å². The number of fused-ring (bicyclic) bond motifs is 2. The Balaban J connectivity index is 1.62. The first-order valence-corrected chi connectivity index (χ1v) is 7.38. The van der Waals surface area contributed by atoms with Crippen LogP contribution < -0.4 is 10.1 Å². The van der Waals surface area contributed by atoms with Gasteiger partial charge in [0.05, 0.1) is 7.11 Å². The highest BCUT2D eigenvalue weighted by Crippen LogP contribution is 2.29. The van der Waals surface area contributed by atoms with Crippen LogP contribution in [-0.2, 0) is 0 Å². The number of hydrogen-bond donors (Lipinski definition) is 1. The maximum absolute atomic E-state index is 5.21. The second kappa shape index (κ2) is 5.51. The second-order valence-corrected chi connectivity index (χ2v) is 5.91. The third-order valence-electron chi connectivity index (χ3n) is 4.71. The largest absolute Gasteiger partial charge is 0.497 e. The van der Waals surface area contributed by atoms with Crippen LogP contribution in [0.15, 0.2) is 24.3 Å². The van der Waals surface area contributed by atoms with Crippen molar-refractivity contribution < 1.29 is 4.74 Å². The second-order valence-electron chi connectivity index (χ2n) is 5.91. The molecule has 0 radical (unpaired) electrons. The van der Waals surface area contributed by atoms with Crippen LogP contribution in [0.3, 0.4) is 0 Å². The molecule has 3 rings (SSSR count). The zero-order valence-electron chi connectivity index (χ0n) is 11.9. The van der Waals surface area contributed by atoms with Crippen molar-refractivity contribution >= 4 is 0 Å². The van der Waals surface area contributed by atoms with Crippen LogP contribution in [-0.4, -0.2) is 37.7 Å². The molecular weight excluding hydrogens is 236 g/mol. The van der Waals surface area contributed by atoms with Crippen LogP contribution in [0.1, 0.15) is 31.4 Å². The van der Waals surface area contributed by atoms with Gasteiger partial charge in [0.2, 0.25) is 0 Å². The van der Waals surface area contributed by atoms with E-state index in [0.29, 0.717) is 12.1 Å². The third kappa shape index (κ3) is 2.77. The lowest BCUT2D eigenvalue weighted by Crippen LogP contribution is -2.44. The van der Waals surface area contributed by atoms with E-state index in [2.05, 4.69) is 29.3 Å². The number of nitrogens with one attached hydrogen (secondary N) is 1. The molecule has 2 aliphatic heterocycles. The zero-order chi connectivity index (χ0) is 13.2. The zero-order valence-corrected chi connectivity index (χ0v) is 11.9. The molecular formula is C16H24N2O. The van der Waals surface area contributed by atoms with Gasteiger partial charge in [0.25, 0.3) is 0 Å². The summed E-state index contributed by atoms with van der Waals surface area (Å²) < 4.78 is 5.21. The minimum absolute atomic E-state index is 0.419. The van der Waals surface area contributed by atoms with Gasteiger partial charge in [-0.05, 0) is 56.5 Å². The van der Waals surface area contributed by atoms with Crippen LogP contribution in [0.4, 0.5) is 0 Å². The van der Waals surface area contributed by atoms with Crippen LogP contribution in [0, 0.1) is 5.92 Å². The molecule has 2 heterocycles. The van der Waals surface area contributed by atoms with E-state index in [4.69, 9.17) is 4.74 Å². The fourth-order valence-electron chi connectivity index (χ4n) is 3.48. The molecule has 1 aromatic carbocycles. The molecule has 0 aliphatic carbocycles. The lowest BCUT2D eigenvalue weighted by molar-refractivity contribution is 0.212. The lowest BCUT2D eigenvalue weighted by Gasteiger charge is -2.33. The van der Waals surface area contributed by atoms with Gasteiger partial charge in [-0.15, -0.1) is 0 Å². The standard InChI is InChI=1S/C16H24N2O/c1-12(13-3-5-15(19-2)6-4-13)17-16-8-10-18-9-7-14(16)11-18/h3-6,12,14,16-17H,7-11H2,1-2H3/t12-,14?,16?/m0/s1. The van der Waals surface area contributed by atoms with E-state index in [1.54, 1.807) is 7.11 Å². The van der Waals surface area contributed by atoms with E-state index in [1.807, 2.05) is 12.1 Å². The molecule has 0 saturated carbocycles. The maximum Gasteiger partial charge on any atom is 0.118 e. The Morgan fingerprint density at radius 2 is 1.95 bits per heavy atom. The maximum atomic E-state index is 5.21. The van der Waals surface area contributed by atoms with E-state index in [1.165, 1.54) is 38.0 Å². The number of benzene rings is 1. The van der Waals surface area contributed by atoms with Crippen molar-refractivity contribution in [3.05, 3.63) is 29.8 Å². The van der Waals surface area contributed by atoms with Crippen LogP contribution in [0.25, 0.3) is 0 Å². The fourth-order valence-corrected chi connectivity index (χ4v) is 3.48. The predicted octanol–water partition coefficient (Wildman–Crippen LogP) is 2.44. The fraction of sp³-hybridized carbons (Fsp3) is 0.625. The summed E-state index contributed by atoms with van der Waals surface area (Å²) in [7, 11) is 1.71. The van der Waals surface area contributed by atoms with E-state index < -0.39 is 0 Å². The molecule has 0 aromatic heterocycles. The average Bonchev–Trinajstić information content (AvgIpc) is 2.85. The van der Waals surface area contributed by atoms with Gasteiger partial charge in [0.1, 0.15) is 5.75 Å². The molecule has 1 N–H and O–H groups in total. The van der Waals surface area contributed by atoms with Gasteiger partial charge in [-0.2, -0.15) is 0 Å². The van der Waals surface area contributed by atoms with Gasteiger partial charge in [0, 0.05) is 18.6 Å². The highest BCUT2D eigenvalue weighted by atomic mass is 16.5. The molecule has 2 bridgehead atoms. The number of piperidine rings is 1. The number of hydrogen-bond acceptors (Lipinski definition) is 3. The predicted molar refractivity (Wildman–Crippen MR) is 77.5 cm³/mol. The van der Waals surface area contributed by atoms with E-state index >= 15 is 0 Å². The van der Waals surface area contributed by atoms with Gasteiger partial charge in [-0.3, -0.25) is 0 Å². The van der Waals surface area contributed by atoms with Crippen molar-refractivity contribution in [2.45, 2.75) is 31.8 Å². The van der Waals surface area contributed by atoms with Crippen LogP contribution in [0.5, 0.6) is 5.75 Å². The van der Waals surface area contributed by atoms with Crippen molar-refractivity contribution in [2.24, 2.45) is 5.92 Å². The lowest BCUT2D eigenvalue weighted by atomic mass is 9.93. The Hall–Kier alpha value is -1.06. The summed E-state index contributed by atoms with van der Waals surface area (Å²) in [4.78, 5) is 2.60. The molecule has 2 aliphatic rings. The first kappa shape index (κ1) is 12.9. The smallest absolute Gasteiger partial charge is 0.118 e. The summed E-state index contributed by atoms with van der Waals surface area (Å²) >= 11 is 0. The number of methoxy groups -OCH3 is 1. The van der Waals surface area contributed by atoms with Gasteiger partial charge in [-0.25, -0.2) is 0 Å².